The second-order valence-electron chi connectivity index (χ2n) is 11.9. The fraction of sp³-hybridized carbons (Fsp3) is 0.371. The number of allylic oxidation sites excluding steroid dienone is 4. The van der Waals surface area contributed by atoms with Crippen LogP contribution in [0.2, 0.25) is 0 Å². The van der Waals surface area contributed by atoms with Crippen LogP contribution in [0.5, 0.6) is 0 Å². The first-order chi connectivity index (χ1) is 17.5. The van der Waals surface area contributed by atoms with E-state index in [4.69, 9.17) is 0 Å². The number of hydrogen-bond donors (Lipinski definition) is 0. The molecular formula is C35H43Cl3SiTi. The van der Waals surface area contributed by atoms with Crippen LogP contribution in [0.15, 0.2) is 93.0 Å². The second kappa shape index (κ2) is 14.9. The quantitative estimate of drug-likeness (QED) is 0.226. The van der Waals surface area contributed by atoms with E-state index in [9.17, 15) is 0 Å². The Bertz CT molecular complexity index is 1250. The summed E-state index contributed by atoms with van der Waals surface area (Å²) in [6.07, 6.45) is 0. The summed E-state index contributed by atoms with van der Waals surface area (Å²) < 4.78 is 1.53. The zero-order valence-electron chi connectivity index (χ0n) is 25.4. The minimum absolute atomic E-state index is 0. The summed E-state index contributed by atoms with van der Waals surface area (Å²) in [4.78, 5) is 0. The van der Waals surface area contributed by atoms with Gasteiger partial charge in [-0.15, -0.1) is 0 Å². The molecule has 0 nitrogen and oxygen atoms in total. The molecule has 1 atom stereocenters. The zero-order chi connectivity index (χ0) is 27.1. The molecule has 0 aliphatic heterocycles. The molecule has 0 saturated heterocycles. The summed E-state index contributed by atoms with van der Waals surface area (Å²) in [5.74, 6) is 1.91. The molecule has 3 aromatic rings. The van der Waals surface area contributed by atoms with Crippen LogP contribution >= 0.6 is 0 Å². The average molecular weight is 646 g/mol. The van der Waals surface area contributed by atoms with Gasteiger partial charge in [-0.3, -0.25) is 0 Å². The van der Waals surface area contributed by atoms with Gasteiger partial charge in [0.25, 0.3) is 0 Å². The fourth-order valence-electron chi connectivity index (χ4n) is 6.16. The van der Waals surface area contributed by atoms with E-state index in [0.717, 1.165) is 0 Å². The molecule has 0 aromatic heterocycles. The molecule has 4 rings (SSSR count). The van der Waals surface area contributed by atoms with Crippen molar-refractivity contribution >= 4 is 23.6 Å². The summed E-state index contributed by atoms with van der Waals surface area (Å²) >= 11 is 2.36. The Morgan fingerprint density at radius 2 is 0.900 bits per heavy atom. The Morgan fingerprint density at radius 1 is 0.575 bits per heavy atom. The van der Waals surface area contributed by atoms with Crippen molar-refractivity contribution in [3.05, 3.63) is 110 Å². The number of rotatable bonds is 7. The van der Waals surface area contributed by atoms with Crippen LogP contribution in [0.25, 0.3) is 0 Å². The van der Waals surface area contributed by atoms with Crippen molar-refractivity contribution in [2.75, 3.05) is 0 Å². The van der Waals surface area contributed by atoms with Gasteiger partial charge >= 0.3 is 240 Å². The second-order valence-corrected chi connectivity index (χ2v) is 16.5. The normalized spacial score (nSPS) is 15.4. The summed E-state index contributed by atoms with van der Waals surface area (Å²) in [6, 6.07) is 28.9. The third-order valence-electron chi connectivity index (χ3n) is 8.60. The molecule has 3 aromatic carbocycles. The van der Waals surface area contributed by atoms with Crippen molar-refractivity contribution in [3.63, 3.8) is 0 Å². The molecule has 1 aliphatic carbocycles. The molecule has 0 fully saturated rings. The summed E-state index contributed by atoms with van der Waals surface area (Å²) in [5.41, 5.74) is 7.29. The van der Waals surface area contributed by atoms with Crippen molar-refractivity contribution in [2.45, 2.75) is 80.1 Å². The number of benzene rings is 3. The van der Waals surface area contributed by atoms with Gasteiger partial charge in [0.1, 0.15) is 0 Å². The van der Waals surface area contributed by atoms with Gasteiger partial charge in [0.05, 0.1) is 0 Å². The predicted octanol–water partition coefficient (Wildman–Crippen LogP) is -1.13. The first kappa shape index (κ1) is 37.0. The van der Waals surface area contributed by atoms with Crippen LogP contribution in [-0.2, 0) is 20.4 Å². The molecular weight excluding hydrogens is 603 g/mol. The van der Waals surface area contributed by atoms with Crippen molar-refractivity contribution in [3.8, 4) is 0 Å². The molecule has 0 amide bonds. The third-order valence-corrected chi connectivity index (χ3v) is 15.0. The summed E-state index contributed by atoms with van der Waals surface area (Å²) in [7, 11) is -2.59. The van der Waals surface area contributed by atoms with E-state index in [1.165, 1.54) is 47.3 Å². The minimum Gasteiger partial charge on any atom is -1.00 e. The Morgan fingerprint density at radius 3 is 1.15 bits per heavy atom. The Labute approximate surface area is 275 Å². The van der Waals surface area contributed by atoms with Crippen molar-refractivity contribution in [1.82, 2.24) is 0 Å². The van der Waals surface area contributed by atoms with Gasteiger partial charge in [-0.05, 0) is 0 Å². The Balaban J connectivity index is 0.00000267. The van der Waals surface area contributed by atoms with E-state index in [1.54, 1.807) is 5.20 Å². The molecule has 1 unspecified atom stereocenters. The molecule has 1 aliphatic rings. The van der Waals surface area contributed by atoms with Crippen LogP contribution in [0.1, 0.15) is 96.8 Å². The van der Waals surface area contributed by atoms with Crippen molar-refractivity contribution < 1.29 is 57.7 Å². The van der Waals surface area contributed by atoms with Gasteiger partial charge in [-0.1, -0.05) is 0 Å². The maximum atomic E-state index is 2.55. The van der Waals surface area contributed by atoms with Gasteiger partial charge in [0.2, 0.25) is 0 Å². The Hall–Kier alpha value is -1.06. The molecule has 5 heteroatoms. The van der Waals surface area contributed by atoms with Crippen LogP contribution in [0, 0.1) is 5.92 Å². The topological polar surface area (TPSA) is 0 Å². The first-order valence-electron chi connectivity index (χ1n) is 13.9. The van der Waals surface area contributed by atoms with Crippen molar-refractivity contribution in [2.24, 2.45) is 5.92 Å². The molecule has 0 radical (unpaired) electrons. The molecule has 40 heavy (non-hydrogen) atoms. The predicted molar refractivity (Wildman–Crippen MR) is 161 cm³/mol. The molecule has 0 heterocycles. The van der Waals surface area contributed by atoms with E-state index < -0.39 is 8.07 Å². The van der Waals surface area contributed by atoms with E-state index in [1.807, 2.05) is 0 Å². The van der Waals surface area contributed by atoms with Gasteiger partial charge in [-0.2, -0.15) is 0 Å². The molecule has 0 spiro atoms. The Kier molecular flexibility index (Phi) is 13.8. The zero-order valence-corrected chi connectivity index (χ0v) is 30.2. The van der Waals surface area contributed by atoms with E-state index in [-0.39, 0.29) is 37.2 Å². The summed E-state index contributed by atoms with van der Waals surface area (Å²) in [5, 5.41) is 6.22. The van der Waals surface area contributed by atoms with Gasteiger partial charge in [0, 0.05) is 0 Å². The van der Waals surface area contributed by atoms with E-state index in [2.05, 4.69) is 156 Å². The minimum atomic E-state index is -2.59. The molecule has 0 N–H and O–H groups in total. The van der Waals surface area contributed by atoms with Crippen LogP contribution in [-0.4, -0.2) is 8.07 Å². The van der Waals surface area contributed by atoms with Crippen LogP contribution in [0.3, 0.4) is 0 Å². The first-order valence-corrected chi connectivity index (χ1v) is 16.7. The molecule has 0 bridgehead atoms. The van der Waals surface area contributed by atoms with Crippen LogP contribution in [0.4, 0.5) is 0 Å². The van der Waals surface area contributed by atoms with E-state index >= 15 is 0 Å². The maximum absolute atomic E-state index is 2.59. The molecule has 0 saturated carbocycles. The number of hydrogen-bond acceptors (Lipinski definition) is 0. The van der Waals surface area contributed by atoms with Gasteiger partial charge in [0.15, 0.2) is 0 Å². The van der Waals surface area contributed by atoms with Gasteiger partial charge in [-0.25, -0.2) is 0 Å². The van der Waals surface area contributed by atoms with Crippen molar-refractivity contribution in [1.29, 1.82) is 0 Å². The third kappa shape index (κ3) is 6.61. The molecule has 212 valence electrons. The van der Waals surface area contributed by atoms with E-state index in [0.29, 0.717) is 23.7 Å². The van der Waals surface area contributed by atoms with Crippen LogP contribution < -0.4 is 52.8 Å². The summed E-state index contributed by atoms with van der Waals surface area (Å²) in [6.45, 7) is 21.1. The fourth-order valence-corrected chi connectivity index (χ4v) is 12.6. The average Bonchev–Trinajstić information content (AvgIpc) is 3.08. The standard InChI is InChI=1S/C35H43Si.3ClH.Ti/c1-23(2)29-13-10-16-32(20-29)36(35-27(8)19-26(7)28(35)9,33-17-11-14-30(21-33)24(3)4)34-18-12-15-31(22-34)25(5)6;;;;/h10-18,20-25,27H,1-9H3;3*1H;/q;;;;+3/p-3. The number of halogens is 3. The maximum Gasteiger partial charge on any atom is -1.00 e. The smallest absolute Gasteiger partial charge is 1.00 e. The largest absolute Gasteiger partial charge is 1.00 e. The SMILES string of the molecule is CC1=[C]([Ti+3])C(C)C([Si](c2cccc(C(C)C)c2)(c2cccc(C(C)C)c2)c2cccc(C(C)C)c2)=C1C.[Cl-].[Cl-].[Cl-]. The van der Waals surface area contributed by atoms with Gasteiger partial charge < -0.3 is 37.2 Å². The monoisotopic (exact) mass is 644 g/mol.